The van der Waals surface area contributed by atoms with Crippen LogP contribution >= 0.6 is 0 Å². The Balaban J connectivity index is 1.74. The molecule has 1 aromatic carbocycles. The Hall–Kier alpha value is -3.41. The standard InChI is InChI=1S/C26H35N7O2/c1-26(2,3)18-11-13-20(14-12-18)33(25(35)22-10-7-15-32(22)17-27)23(21-16-28-31-30-21)24(34)29-19-8-5-4-6-9-19/h11-14,16,19,22-23H,4-10,15H2,1-3H3,(H,29,34)(H,28,30,31)/t22-,23?/m1/s1. The molecule has 2 atom stereocenters. The molecule has 9 heteroatoms. The van der Waals surface area contributed by atoms with Crippen LogP contribution in [0.15, 0.2) is 30.5 Å². The molecule has 2 heterocycles. The SMILES string of the molecule is CC(C)(C)c1ccc(N(C(=O)[C@H]2CCCN2C#N)C(C(=O)NC2CCCCC2)c2c[nH]nn2)cc1. The van der Waals surface area contributed by atoms with Gasteiger partial charge in [-0.3, -0.25) is 24.5 Å². The Morgan fingerprint density at radius 1 is 1.14 bits per heavy atom. The maximum absolute atomic E-state index is 14.0. The summed E-state index contributed by atoms with van der Waals surface area (Å²) in [5.41, 5.74) is 2.03. The molecule has 2 aromatic rings. The largest absolute Gasteiger partial charge is 0.351 e. The average molecular weight is 478 g/mol. The Morgan fingerprint density at radius 2 is 1.86 bits per heavy atom. The number of benzene rings is 1. The molecule has 1 aliphatic carbocycles. The van der Waals surface area contributed by atoms with Gasteiger partial charge in [0.15, 0.2) is 12.2 Å². The number of nitrogens with one attached hydrogen (secondary N) is 2. The number of amides is 2. The van der Waals surface area contributed by atoms with Crippen LogP contribution in [0.5, 0.6) is 0 Å². The normalized spacial score (nSPS) is 19.7. The van der Waals surface area contributed by atoms with E-state index in [2.05, 4.69) is 47.7 Å². The van der Waals surface area contributed by atoms with Gasteiger partial charge in [0.1, 0.15) is 11.7 Å². The van der Waals surface area contributed by atoms with E-state index in [1.54, 1.807) is 6.20 Å². The zero-order valence-corrected chi connectivity index (χ0v) is 20.8. The summed E-state index contributed by atoms with van der Waals surface area (Å²) < 4.78 is 0. The first kappa shape index (κ1) is 24.7. The van der Waals surface area contributed by atoms with Gasteiger partial charge in [-0.05, 0) is 48.8 Å². The second kappa shape index (κ2) is 10.5. The first-order valence-electron chi connectivity index (χ1n) is 12.6. The van der Waals surface area contributed by atoms with E-state index < -0.39 is 12.1 Å². The number of nitrogens with zero attached hydrogens (tertiary/aromatic N) is 5. The van der Waals surface area contributed by atoms with Crippen LogP contribution in [-0.4, -0.2) is 50.8 Å². The number of aromatic amines is 1. The number of aromatic nitrogens is 3. The van der Waals surface area contributed by atoms with Crippen molar-refractivity contribution in [2.75, 3.05) is 11.4 Å². The average Bonchev–Trinajstić information content (AvgIpc) is 3.54. The Kier molecular flexibility index (Phi) is 7.39. The number of carbonyl (C=O) groups is 2. The third-order valence-electron chi connectivity index (χ3n) is 7.09. The van der Waals surface area contributed by atoms with Crippen molar-refractivity contribution in [3.63, 3.8) is 0 Å². The predicted molar refractivity (Wildman–Crippen MR) is 132 cm³/mol. The number of hydrogen-bond donors (Lipinski definition) is 2. The van der Waals surface area contributed by atoms with Gasteiger partial charge in [-0.2, -0.15) is 5.26 Å². The molecular formula is C26H35N7O2. The highest BCUT2D eigenvalue weighted by Crippen LogP contribution is 2.33. The first-order valence-corrected chi connectivity index (χ1v) is 12.6. The Bertz CT molecular complexity index is 1050. The molecule has 2 aliphatic rings. The second-order valence-electron chi connectivity index (χ2n) is 10.6. The van der Waals surface area contributed by atoms with Crippen LogP contribution in [-0.2, 0) is 15.0 Å². The van der Waals surface area contributed by atoms with Crippen molar-refractivity contribution in [1.82, 2.24) is 25.6 Å². The van der Waals surface area contributed by atoms with Crippen molar-refractivity contribution in [3.8, 4) is 6.19 Å². The number of hydrogen-bond acceptors (Lipinski definition) is 6. The van der Waals surface area contributed by atoms with Crippen LogP contribution < -0.4 is 10.2 Å². The molecule has 1 saturated carbocycles. The minimum Gasteiger partial charge on any atom is -0.351 e. The van der Waals surface area contributed by atoms with Crippen LogP contribution in [0.1, 0.15) is 83.0 Å². The second-order valence-corrected chi connectivity index (χ2v) is 10.6. The fraction of sp³-hybridized carbons (Fsp3) is 0.577. The maximum atomic E-state index is 14.0. The molecule has 1 unspecified atom stereocenters. The summed E-state index contributed by atoms with van der Waals surface area (Å²) in [5, 5.41) is 23.4. The number of rotatable bonds is 6. The Labute approximate surface area is 206 Å². The van der Waals surface area contributed by atoms with E-state index in [-0.39, 0.29) is 23.3 Å². The molecule has 186 valence electrons. The number of nitriles is 1. The van der Waals surface area contributed by atoms with Crippen molar-refractivity contribution >= 4 is 17.5 Å². The zero-order valence-electron chi connectivity index (χ0n) is 20.8. The van der Waals surface area contributed by atoms with Crippen LogP contribution in [0.2, 0.25) is 0 Å². The van der Waals surface area contributed by atoms with Gasteiger partial charge in [0.05, 0.1) is 0 Å². The summed E-state index contributed by atoms with van der Waals surface area (Å²) >= 11 is 0. The highest BCUT2D eigenvalue weighted by molar-refractivity contribution is 6.03. The molecule has 2 amide bonds. The van der Waals surface area contributed by atoms with Gasteiger partial charge in [0, 0.05) is 24.5 Å². The monoisotopic (exact) mass is 477 g/mol. The molecule has 1 saturated heterocycles. The molecule has 1 aromatic heterocycles. The molecule has 1 aliphatic heterocycles. The minimum absolute atomic E-state index is 0.0553. The van der Waals surface area contributed by atoms with Gasteiger partial charge in [-0.25, -0.2) is 0 Å². The van der Waals surface area contributed by atoms with E-state index in [4.69, 9.17) is 0 Å². The Morgan fingerprint density at radius 3 is 2.46 bits per heavy atom. The summed E-state index contributed by atoms with van der Waals surface area (Å²) in [4.78, 5) is 30.8. The van der Waals surface area contributed by atoms with Gasteiger partial charge >= 0.3 is 0 Å². The minimum atomic E-state index is -0.996. The van der Waals surface area contributed by atoms with E-state index in [0.29, 0.717) is 24.3 Å². The number of likely N-dealkylation sites (tertiary alicyclic amines) is 1. The lowest BCUT2D eigenvalue weighted by Gasteiger charge is -2.34. The summed E-state index contributed by atoms with van der Waals surface area (Å²) in [6, 6.07) is 6.21. The summed E-state index contributed by atoms with van der Waals surface area (Å²) in [6.07, 6.45) is 10.2. The van der Waals surface area contributed by atoms with E-state index in [1.165, 1.54) is 16.2 Å². The molecule has 0 radical (unpaired) electrons. The number of H-pyrrole nitrogens is 1. The topological polar surface area (TPSA) is 118 Å². The first-order chi connectivity index (χ1) is 16.8. The van der Waals surface area contributed by atoms with Crippen molar-refractivity contribution < 1.29 is 9.59 Å². The molecule has 0 bridgehead atoms. The lowest BCUT2D eigenvalue weighted by Crippen LogP contribution is -2.51. The molecule has 35 heavy (non-hydrogen) atoms. The molecule has 9 nitrogen and oxygen atoms in total. The van der Waals surface area contributed by atoms with Crippen LogP contribution in [0.3, 0.4) is 0 Å². The van der Waals surface area contributed by atoms with Gasteiger partial charge in [0.25, 0.3) is 5.91 Å². The van der Waals surface area contributed by atoms with Crippen molar-refractivity contribution in [3.05, 3.63) is 41.7 Å². The molecule has 4 rings (SSSR count). The fourth-order valence-electron chi connectivity index (χ4n) is 5.08. The van der Waals surface area contributed by atoms with E-state index >= 15 is 0 Å². The summed E-state index contributed by atoms with van der Waals surface area (Å²) in [7, 11) is 0. The van der Waals surface area contributed by atoms with Crippen molar-refractivity contribution in [2.24, 2.45) is 0 Å². The molecule has 2 N–H and O–H groups in total. The fourth-order valence-corrected chi connectivity index (χ4v) is 5.08. The predicted octanol–water partition coefficient (Wildman–Crippen LogP) is 3.57. The highest BCUT2D eigenvalue weighted by atomic mass is 16.2. The zero-order chi connectivity index (χ0) is 25.0. The third kappa shape index (κ3) is 5.47. The van der Waals surface area contributed by atoms with E-state index in [0.717, 1.165) is 37.7 Å². The van der Waals surface area contributed by atoms with Crippen LogP contribution in [0, 0.1) is 11.5 Å². The summed E-state index contributed by atoms with van der Waals surface area (Å²) in [5.74, 6) is -0.556. The highest BCUT2D eigenvalue weighted by Gasteiger charge is 2.41. The molecule has 0 spiro atoms. The van der Waals surface area contributed by atoms with Crippen LogP contribution in [0.25, 0.3) is 0 Å². The molecular weight excluding hydrogens is 442 g/mol. The van der Waals surface area contributed by atoms with Gasteiger partial charge in [-0.1, -0.05) is 57.4 Å². The van der Waals surface area contributed by atoms with Gasteiger partial charge in [-0.15, -0.1) is 5.10 Å². The van der Waals surface area contributed by atoms with E-state index in [1.807, 2.05) is 24.3 Å². The third-order valence-corrected chi connectivity index (χ3v) is 7.09. The summed E-state index contributed by atoms with van der Waals surface area (Å²) in [6.45, 7) is 6.92. The van der Waals surface area contributed by atoms with Crippen molar-refractivity contribution in [2.45, 2.75) is 89.3 Å². The van der Waals surface area contributed by atoms with Crippen LogP contribution in [0.4, 0.5) is 5.69 Å². The van der Waals surface area contributed by atoms with Crippen molar-refractivity contribution in [1.29, 1.82) is 5.26 Å². The maximum Gasteiger partial charge on any atom is 0.251 e. The van der Waals surface area contributed by atoms with Gasteiger partial charge < -0.3 is 5.32 Å². The van der Waals surface area contributed by atoms with E-state index in [9.17, 15) is 14.9 Å². The molecule has 2 fully saturated rings. The van der Waals surface area contributed by atoms with Gasteiger partial charge in [0.2, 0.25) is 5.91 Å². The lowest BCUT2D eigenvalue weighted by molar-refractivity contribution is -0.128. The number of anilines is 1. The smallest absolute Gasteiger partial charge is 0.251 e. The quantitative estimate of drug-likeness (QED) is 0.614. The lowest BCUT2D eigenvalue weighted by atomic mass is 9.87. The number of carbonyl (C=O) groups excluding carboxylic acids is 2.